The molecule has 0 aromatic heterocycles. The molecule has 0 saturated carbocycles. The molecule has 1 aromatic rings. The molecule has 4 nitrogen and oxygen atoms in total. The van der Waals surface area contributed by atoms with Crippen molar-refractivity contribution in [1.82, 2.24) is 5.32 Å². The van der Waals surface area contributed by atoms with E-state index in [1.807, 2.05) is 6.92 Å². The number of benzene rings is 1. The van der Waals surface area contributed by atoms with Crippen LogP contribution in [-0.2, 0) is 9.59 Å². The minimum Gasteiger partial charge on any atom is -0.480 e. The van der Waals surface area contributed by atoms with E-state index in [4.69, 9.17) is 0 Å². The zero-order valence-corrected chi connectivity index (χ0v) is 11.9. The number of hydrogen-bond donors (Lipinski definition) is 2. The van der Waals surface area contributed by atoms with Gasteiger partial charge in [0, 0.05) is 0 Å². The smallest absolute Gasteiger partial charge is 0.329 e. The second-order valence-electron chi connectivity index (χ2n) is 5.15. The summed E-state index contributed by atoms with van der Waals surface area (Å²) in [5.41, 5.74) is -0.778. The fourth-order valence-corrected chi connectivity index (χ4v) is 2.03. The van der Waals surface area contributed by atoms with E-state index in [1.54, 1.807) is 13.0 Å². The molecule has 1 amide bonds. The Morgan fingerprint density at radius 3 is 2.60 bits per heavy atom. The quantitative estimate of drug-likeness (QED) is 0.842. The monoisotopic (exact) mass is 281 g/mol. The molecule has 1 rings (SSSR count). The van der Waals surface area contributed by atoms with E-state index in [9.17, 15) is 19.1 Å². The van der Waals surface area contributed by atoms with Crippen molar-refractivity contribution >= 4 is 11.9 Å². The summed E-state index contributed by atoms with van der Waals surface area (Å²) >= 11 is 0. The number of rotatable bonds is 6. The number of amides is 1. The maximum atomic E-state index is 13.2. The number of nitrogens with one attached hydrogen (secondary N) is 1. The van der Waals surface area contributed by atoms with Crippen molar-refractivity contribution in [1.29, 1.82) is 0 Å². The number of carboxylic acid groups (broad SMARTS) is 1. The molecule has 0 spiro atoms. The zero-order valence-electron chi connectivity index (χ0n) is 11.9. The molecule has 0 fully saturated rings. The average molecular weight is 281 g/mol. The Hall–Kier alpha value is -1.91. The Morgan fingerprint density at radius 2 is 2.10 bits per heavy atom. The molecule has 2 N–H and O–H groups in total. The van der Waals surface area contributed by atoms with Crippen LogP contribution in [0.3, 0.4) is 0 Å². The van der Waals surface area contributed by atoms with E-state index >= 15 is 0 Å². The highest BCUT2D eigenvalue weighted by Gasteiger charge is 2.35. The summed E-state index contributed by atoms with van der Waals surface area (Å²) in [4.78, 5) is 23.4. The molecule has 1 aromatic carbocycles. The van der Waals surface area contributed by atoms with E-state index in [0.717, 1.165) is 0 Å². The molecular formula is C15H20FNO3. The van der Waals surface area contributed by atoms with E-state index < -0.39 is 29.2 Å². The second kappa shape index (κ2) is 6.50. The summed E-state index contributed by atoms with van der Waals surface area (Å²) in [7, 11) is 0. The van der Waals surface area contributed by atoms with E-state index in [0.29, 0.717) is 18.4 Å². The topological polar surface area (TPSA) is 66.4 Å². The first kappa shape index (κ1) is 16.1. The van der Waals surface area contributed by atoms with Gasteiger partial charge in [-0.15, -0.1) is 0 Å². The van der Waals surface area contributed by atoms with Gasteiger partial charge in [-0.2, -0.15) is 0 Å². The molecule has 0 aliphatic rings. The summed E-state index contributed by atoms with van der Waals surface area (Å²) in [6.07, 6.45) is 0.974. The van der Waals surface area contributed by atoms with Gasteiger partial charge in [-0.3, -0.25) is 4.79 Å². The van der Waals surface area contributed by atoms with Gasteiger partial charge >= 0.3 is 5.97 Å². The number of hydrogen-bond acceptors (Lipinski definition) is 2. The molecule has 0 aliphatic carbocycles. The van der Waals surface area contributed by atoms with E-state index in [2.05, 4.69) is 5.32 Å². The van der Waals surface area contributed by atoms with Gasteiger partial charge in [-0.1, -0.05) is 25.5 Å². The standard InChI is InChI=1S/C15H20FNO3/c1-4-8-15(3,14(19)20)17-13(18)10(2)11-6-5-7-12(16)9-11/h5-7,9-10H,4,8H2,1-3H3,(H,17,18)(H,19,20). The van der Waals surface area contributed by atoms with Crippen LogP contribution in [0, 0.1) is 5.82 Å². The molecule has 2 atom stereocenters. The Balaban J connectivity index is 2.86. The second-order valence-corrected chi connectivity index (χ2v) is 5.15. The molecule has 110 valence electrons. The first-order chi connectivity index (χ1) is 9.30. The van der Waals surface area contributed by atoms with Crippen molar-refractivity contribution in [3.8, 4) is 0 Å². The van der Waals surface area contributed by atoms with Gasteiger partial charge in [-0.25, -0.2) is 9.18 Å². The molecule has 0 radical (unpaired) electrons. The summed E-state index contributed by atoms with van der Waals surface area (Å²) in [6, 6.07) is 5.75. The van der Waals surface area contributed by atoms with Crippen LogP contribution in [-0.4, -0.2) is 22.5 Å². The van der Waals surface area contributed by atoms with Crippen LogP contribution < -0.4 is 5.32 Å². The Morgan fingerprint density at radius 1 is 1.45 bits per heavy atom. The minimum absolute atomic E-state index is 0.337. The van der Waals surface area contributed by atoms with Crippen LogP contribution >= 0.6 is 0 Å². The number of halogens is 1. The average Bonchev–Trinajstić information content (AvgIpc) is 2.37. The van der Waals surface area contributed by atoms with Crippen LogP contribution in [0.25, 0.3) is 0 Å². The minimum atomic E-state index is -1.30. The summed E-state index contributed by atoms with van der Waals surface area (Å²) < 4.78 is 13.2. The third-order valence-corrected chi connectivity index (χ3v) is 3.36. The lowest BCUT2D eigenvalue weighted by Gasteiger charge is -2.27. The van der Waals surface area contributed by atoms with Gasteiger partial charge < -0.3 is 10.4 Å². The van der Waals surface area contributed by atoms with Gasteiger partial charge in [0.15, 0.2) is 0 Å². The molecule has 0 bridgehead atoms. The highest BCUT2D eigenvalue weighted by Crippen LogP contribution is 2.19. The molecular weight excluding hydrogens is 261 g/mol. The van der Waals surface area contributed by atoms with E-state index in [1.165, 1.54) is 25.1 Å². The predicted octanol–water partition coefficient (Wildman–Crippen LogP) is 2.69. The lowest BCUT2D eigenvalue weighted by Crippen LogP contribution is -2.53. The van der Waals surface area contributed by atoms with Crippen molar-refractivity contribution in [3.63, 3.8) is 0 Å². The van der Waals surface area contributed by atoms with Crippen LogP contribution in [0.5, 0.6) is 0 Å². The maximum Gasteiger partial charge on any atom is 0.329 e. The zero-order chi connectivity index (χ0) is 15.3. The fraction of sp³-hybridized carbons (Fsp3) is 0.467. The van der Waals surface area contributed by atoms with Crippen molar-refractivity contribution in [2.75, 3.05) is 0 Å². The Kier molecular flexibility index (Phi) is 5.25. The lowest BCUT2D eigenvalue weighted by molar-refractivity contribution is -0.147. The van der Waals surface area contributed by atoms with Gasteiger partial charge in [0.05, 0.1) is 5.92 Å². The first-order valence-electron chi connectivity index (χ1n) is 6.61. The maximum absolute atomic E-state index is 13.2. The van der Waals surface area contributed by atoms with Gasteiger partial charge in [-0.05, 0) is 38.0 Å². The van der Waals surface area contributed by atoms with Crippen LogP contribution in [0.1, 0.15) is 45.1 Å². The lowest BCUT2D eigenvalue weighted by atomic mass is 9.93. The summed E-state index contributed by atoms with van der Waals surface area (Å²) in [5.74, 6) is -2.52. The Labute approximate surface area is 118 Å². The highest BCUT2D eigenvalue weighted by atomic mass is 19.1. The molecule has 0 aliphatic heterocycles. The number of carbonyl (C=O) groups is 2. The third-order valence-electron chi connectivity index (χ3n) is 3.36. The number of carbonyl (C=O) groups excluding carboxylic acids is 1. The molecule has 20 heavy (non-hydrogen) atoms. The van der Waals surface area contributed by atoms with Crippen molar-refractivity contribution < 1.29 is 19.1 Å². The van der Waals surface area contributed by atoms with Crippen molar-refractivity contribution in [2.24, 2.45) is 0 Å². The number of carboxylic acids is 1. The Bertz CT molecular complexity index is 504. The van der Waals surface area contributed by atoms with Gasteiger partial charge in [0.25, 0.3) is 0 Å². The van der Waals surface area contributed by atoms with Crippen molar-refractivity contribution in [3.05, 3.63) is 35.6 Å². The van der Waals surface area contributed by atoms with Crippen LogP contribution in [0.4, 0.5) is 4.39 Å². The van der Waals surface area contributed by atoms with Crippen LogP contribution in [0.2, 0.25) is 0 Å². The predicted molar refractivity (Wildman–Crippen MR) is 73.9 cm³/mol. The summed E-state index contributed by atoms with van der Waals surface area (Å²) in [6.45, 7) is 4.96. The molecule has 0 heterocycles. The molecule has 5 heteroatoms. The largest absolute Gasteiger partial charge is 0.480 e. The van der Waals surface area contributed by atoms with Crippen LogP contribution in [0.15, 0.2) is 24.3 Å². The van der Waals surface area contributed by atoms with Gasteiger partial charge in [0.1, 0.15) is 11.4 Å². The fourth-order valence-electron chi connectivity index (χ4n) is 2.03. The SMILES string of the molecule is CCCC(C)(NC(=O)C(C)c1cccc(F)c1)C(=O)O. The first-order valence-corrected chi connectivity index (χ1v) is 6.61. The normalized spacial score (nSPS) is 15.2. The molecule has 0 saturated heterocycles. The van der Waals surface area contributed by atoms with Gasteiger partial charge in [0.2, 0.25) is 5.91 Å². The molecule has 2 unspecified atom stereocenters. The van der Waals surface area contributed by atoms with Crippen molar-refractivity contribution in [2.45, 2.75) is 45.1 Å². The summed E-state index contributed by atoms with van der Waals surface area (Å²) in [5, 5.41) is 11.8. The third kappa shape index (κ3) is 3.79. The number of aliphatic carboxylic acids is 1. The highest BCUT2D eigenvalue weighted by molar-refractivity contribution is 5.90. The van der Waals surface area contributed by atoms with E-state index in [-0.39, 0.29) is 0 Å².